The Kier molecular flexibility index (Phi) is 23.1. The van der Waals surface area contributed by atoms with E-state index < -0.39 is 65.2 Å². The second-order valence-corrected chi connectivity index (χ2v) is 22.8. The maximum absolute atomic E-state index is 15.5. The number of nitrogens with two attached hydrogens (primary N) is 1. The fourth-order valence-corrected chi connectivity index (χ4v) is 10.4. The number of rotatable bonds is 26. The van der Waals surface area contributed by atoms with Gasteiger partial charge < -0.3 is 60.5 Å². The fourth-order valence-electron chi connectivity index (χ4n) is 10.4. The predicted octanol–water partition coefficient (Wildman–Crippen LogP) is 6.64. The number of imide groups is 1. The number of nitrogens with one attached hydrogen (secondary N) is 4. The summed E-state index contributed by atoms with van der Waals surface area (Å²) < 4.78 is 49.5. The molecule has 0 aliphatic carbocycles. The highest BCUT2D eigenvalue weighted by molar-refractivity contribution is 6.12. The Balaban J connectivity index is 0.995. The van der Waals surface area contributed by atoms with Gasteiger partial charge in [0.15, 0.2) is 0 Å². The topological polar surface area (TPSA) is 269 Å². The number of imidazole rings is 1. The molecule has 3 aliphatic rings. The van der Waals surface area contributed by atoms with Gasteiger partial charge in [-0.05, 0) is 84.9 Å². The van der Waals surface area contributed by atoms with Crippen LogP contribution in [0.2, 0.25) is 0 Å². The first-order valence-electron chi connectivity index (χ1n) is 28.9. The van der Waals surface area contributed by atoms with Crippen LogP contribution in [-0.4, -0.2) is 161 Å². The first kappa shape index (κ1) is 64.3. The number of carbonyl (C=O) groups is 8. The number of benzene rings is 3. The first-order chi connectivity index (χ1) is 40.7. The van der Waals surface area contributed by atoms with E-state index in [1.807, 2.05) is 55.7 Å². The number of ether oxygens (including phenoxy) is 3. The molecule has 7 rings (SSSR count). The second-order valence-electron chi connectivity index (χ2n) is 22.8. The molecule has 4 heterocycles. The molecule has 6 N–H and O–H groups in total. The molecule has 0 radical (unpaired) electrons. The first-order valence-corrected chi connectivity index (χ1v) is 28.9. The summed E-state index contributed by atoms with van der Waals surface area (Å²) in [4.78, 5) is 116. The largest absolute Gasteiger partial charge is 0.445 e. The van der Waals surface area contributed by atoms with E-state index in [1.54, 1.807) is 59.0 Å². The molecule has 3 aromatic carbocycles. The van der Waals surface area contributed by atoms with E-state index in [0.717, 1.165) is 28.7 Å². The lowest BCUT2D eigenvalue weighted by molar-refractivity contribution is -0.137. The molecule has 0 spiro atoms. The zero-order chi connectivity index (χ0) is 61.2. The van der Waals surface area contributed by atoms with Gasteiger partial charge in [0.1, 0.15) is 36.1 Å². The maximum atomic E-state index is 15.5. The third kappa shape index (κ3) is 18.4. The van der Waals surface area contributed by atoms with Crippen molar-refractivity contribution in [2.45, 2.75) is 117 Å². The highest BCUT2D eigenvalue weighted by Crippen LogP contribution is 2.40. The number of aromatic nitrogens is 2. The number of nitrogens with zero attached hydrogens (tertiary/aromatic N) is 6. The third-order valence-electron chi connectivity index (χ3n) is 14.9. The Bertz CT molecular complexity index is 2980. The lowest BCUT2D eigenvalue weighted by atomic mass is 9.84. The van der Waals surface area contributed by atoms with E-state index >= 15 is 4.39 Å². The molecule has 1 aromatic heterocycles. The minimum atomic E-state index is -1.09. The predicted molar refractivity (Wildman–Crippen MR) is 311 cm³/mol. The van der Waals surface area contributed by atoms with E-state index in [4.69, 9.17) is 24.9 Å². The number of unbranched alkanes of at least 4 members (excludes halogenated alkanes) is 2. The number of halogens is 2. The molecule has 4 atom stereocenters. The molecular weight excluding hydrogens is 1100 g/mol. The lowest BCUT2D eigenvalue weighted by Gasteiger charge is -2.44. The minimum absolute atomic E-state index is 0.0188. The van der Waals surface area contributed by atoms with Crippen LogP contribution < -0.4 is 27.0 Å². The number of amides is 10. The monoisotopic (exact) mass is 1180 g/mol. The molecule has 3 aliphatic heterocycles. The van der Waals surface area contributed by atoms with E-state index in [-0.39, 0.29) is 113 Å². The average Bonchev–Trinajstić information content (AvgIpc) is 3.91. The molecule has 458 valence electrons. The van der Waals surface area contributed by atoms with Crippen LogP contribution in [0.1, 0.15) is 103 Å². The SMILES string of the molecule is CC(C)[C@H](NC(=O)CCCCCN1C(=O)C=CC1=O)C(=O)N[C@@H](CCCNC(N)=O)C(=O)Nc1ccc(COC(=O)N2CCOC[C@@H]2CCN(C(=O)N2CCOCC2)[C@@H](c2nc(-c3cc(F)ccc3F)cn2Cc2ccccc2)C(C)(C)C)cc1. The van der Waals surface area contributed by atoms with Crippen molar-refractivity contribution in [3.8, 4) is 11.3 Å². The number of hydrogen-bond acceptors (Lipinski definition) is 12. The van der Waals surface area contributed by atoms with Gasteiger partial charge in [-0.1, -0.05) is 83.5 Å². The van der Waals surface area contributed by atoms with Gasteiger partial charge in [-0.3, -0.25) is 28.9 Å². The molecule has 0 unspecified atom stereocenters. The van der Waals surface area contributed by atoms with Gasteiger partial charge in [0, 0.05) is 81.8 Å². The number of morpholine rings is 2. The van der Waals surface area contributed by atoms with Gasteiger partial charge >= 0.3 is 18.2 Å². The van der Waals surface area contributed by atoms with Crippen LogP contribution in [0.25, 0.3) is 11.3 Å². The van der Waals surface area contributed by atoms with E-state index in [9.17, 15) is 42.7 Å². The number of primary amides is 1. The van der Waals surface area contributed by atoms with E-state index in [0.29, 0.717) is 69.2 Å². The van der Waals surface area contributed by atoms with E-state index in [1.165, 1.54) is 12.2 Å². The normalized spacial score (nSPS) is 16.4. The quantitative estimate of drug-likeness (QED) is 0.0327. The summed E-state index contributed by atoms with van der Waals surface area (Å²) in [5.41, 5.74) is 6.66. The zero-order valence-corrected chi connectivity index (χ0v) is 49.0. The Morgan fingerprint density at radius 3 is 2.22 bits per heavy atom. The molecular formula is C61H79F2N11O11. The maximum Gasteiger partial charge on any atom is 0.410 e. The Morgan fingerprint density at radius 1 is 0.835 bits per heavy atom. The smallest absolute Gasteiger partial charge is 0.410 e. The standard InChI is InChI=1S/C61H79F2N11O11/c1-40(2)53(69-50(75)16-10-7-11-27-73-51(76)23-24-52(73)77)57(79)68-48(15-12-26-65-58(64)80)56(78)66-44-20-17-42(18-21-44)38-85-60(82)72-31-34-84-39-45(72)25-28-74(59(81)70-29-32-83-33-30-70)54(61(3,4)5)55-67-49(46-35-43(62)19-22-47(46)63)37-71(55)36-41-13-8-6-9-14-41/h6,8-9,13-14,17-24,35,37,40,45,48,53-54H,7,10-12,15-16,25-34,36,38-39H2,1-5H3,(H,66,78)(H,68,79)(H,69,75)(H3,64,65,80)/t45-,48-,53-,54-/m0/s1. The van der Waals surface area contributed by atoms with Crippen molar-refractivity contribution in [2.75, 3.05) is 71.0 Å². The number of carbonyl (C=O) groups excluding carboxylic acids is 8. The van der Waals surface area contributed by atoms with Crippen molar-refractivity contribution >= 4 is 53.4 Å². The van der Waals surface area contributed by atoms with E-state index in [2.05, 4.69) is 21.3 Å². The molecule has 4 aromatic rings. The summed E-state index contributed by atoms with van der Waals surface area (Å²) in [6.07, 6.45) is 5.81. The zero-order valence-electron chi connectivity index (χ0n) is 49.0. The van der Waals surface area contributed by atoms with Gasteiger partial charge in [-0.2, -0.15) is 0 Å². The number of urea groups is 2. The van der Waals surface area contributed by atoms with Crippen LogP contribution >= 0.6 is 0 Å². The van der Waals surface area contributed by atoms with Crippen LogP contribution in [0, 0.1) is 23.0 Å². The summed E-state index contributed by atoms with van der Waals surface area (Å²) in [6.45, 7) is 12.2. The van der Waals surface area contributed by atoms with Crippen LogP contribution in [0.15, 0.2) is 91.1 Å². The molecule has 0 saturated carbocycles. The minimum Gasteiger partial charge on any atom is -0.445 e. The Morgan fingerprint density at radius 2 is 1.54 bits per heavy atom. The average molecular weight is 1180 g/mol. The third-order valence-corrected chi connectivity index (χ3v) is 14.9. The molecule has 0 bridgehead atoms. The van der Waals surface area contributed by atoms with Gasteiger partial charge in [0.05, 0.1) is 44.2 Å². The summed E-state index contributed by atoms with van der Waals surface area (Å²) >= 11 is 0. The van der Waals surface area contributed by atoms with Crippen molar-refractivity contribution in [1.29, 1.82) is 0 Å². The molecule has 10 amide bonds. The van der Waals surface area contributed by atoms with Crippen LogP contribution in [0.3, 0.4) is 0 Å². The fraction of sp³-hybridized carbons (Fsp3) is 0.492. The van der Waals surface area contributed by atoms with Crippen molar-refractivity contribution in [2.24, 2.45) is 17.1 Å². The second kappa shape index (κ2) is 30.5. The number of anilines is 1. The van der Waals surface area contributed by atoms with Crippen LogP contribution in [0.5, 0.6) is 0 Å². The van der Waals surface area contributed by atoms with Crippen LogP contribution in [0.4, 0.5) is 28.9 Å². The molecule has 85 heavy (non-hydrogen) atoms. The molecule has 2 fully saturated rings. The summed E-state index contributed by atoms with van der Waals surface area (Å²) in [6, 6.07) is 15.1. The van der Waals surface area contributed by atoms with Gasteiger partial charge in [-0.15, -0.1) is 0 Å². The van der Waals surface area contributed by atoms with Crippen molar-refractivity contribution in [1.82, 2.24) is 45.1 Å². The van der Waals surface area contributed by atoms with Crippen LogP contribution in [-0.2, 0) is 51.3 Å². The summed E-state index contributed by atoms with van der Waals surface area (Å²) in [5, 5.41) is 10.8. The Hall–Kier alpha value is -8.25. The molecule has 2 saturated heterocycles. The highest BCUT2D eigenvalue weighted by Gasteiger charge is 2.42. The van der Waals surface area contributed by atoms with Gasteiger partial charge in [-0.25, -0.2) is 28.1 Å². The lowest BCUT2D eigenvalue weighted by Crippen LogP contribution is -2.54. The number of hydrogen-bond donors (Lipinski definition) is 5. The Labute approximate surface area is 494 Å². The molecule has 22 nitrogen and oxygen atoms in total. The highest BCUT2D eigenvalue weighted by atomic mass is 19.1. The summed E-state index contributed by atoms with van der Waals surface area (Å²) in [7, 11) is 0. The van der Waals surface area contributed by atoms with Gasteiger partial charge in [0.2, 0.25) is 17.7 Å². The van der Waals surface area contributed by atoms with Crippen molar-refractivity contribution in [3.63, 3.8) is 0 Å². The molecule has 24 heteroatoms. The van der Waals surface area contributed by atoms with Crippen molar-refractivity contribution < 1.29 is 61.3 Å². The van der Waals surface area contributed by atoms with Crippen molar-refractivity contribution in [3.05, 3.63) is 120 Å². The summed E-state index contributed by atoms with van der Waals surface area (Å²) in [5.74, 6) is -3.43. The van der Waals surface area contributed by atoms with Gasteiger partial charge in [0.25, 0.3) is 11.8 Å².